The highest BCUT2D eigenvalue weighted by Crippen LogP contribution is 2.31. The molecule has 2 atom stereocenters. The summed E-state index contributed by atoms with van der Waals surface area (Å²) in [6.45, 7) is 3.60. The molecule has 0 bridgehead atoms. The highest BCUT2D eigenvalue weighted by atomic mass is 35.5. The first-order valence-electron chi connectivity index (χ1n) is 5.09. The van der Waals surface area contributed by atoms with E-state index in [1.165, 1.54) is 6.07 Å². The molecule has 1 rings (SSSR count). The van der Waals surface area contributed by atoms with Crippen LogP contribution in [0.1, 0.15) is 31.7 Å². The van der Waals surface area contributed by atoms with Crippen molar-refractivity contribution < 1.29 is 10.0 Å². The van der Waals surface area contributed by atoms with Gasteiger partial charge in [0, 0.05) is 22.6 Å². The number of rotatable bonds is 4. The smallest absolute Gasteiger partial charge is 0.274 e. The Bertz CT molecular complexity index is 395. The van der Waals surface area contributed by atoms with Gasteiger partial charge in [0.25, 0.3) is 5.69 Å². The fourth-order valence-corrected chi connectivity index (χ4v) is 1.79. The molecule has 0 saturated heterocycles. The molecule has 0 radical (unpaired) electrons. The maximum Gasteiger partial charge on any atom is 0.274 e. The molecule has 1 N–H and O–H groups in total. The normalized spacial score (nSPS) is 14.5. The minimum Gasteiger partial charge on any atom is -0.393 e. The summed E-state index contributed by atoms with van der Waals surface area (Å²) in [6.07, 6.45) is -0.0270. The van der Waals surface area contributed by atoms with E-state index in [1.807, 2.05) is 6.92 Å². The average Bonchev–Trinajstić information content (AvgIpc) is 2.26. The molecule has 4 nitrogen and oxygen atoms in total. The van der Waals surface area contributed by atoms with Crippen molar-refractivity contribution in [3.8, 4) is 0 Å². The first kappa shape index (κ1) is 12.9. The highest BCUT2D eigenvalue weighted by molar-refractivity contribution is 6.30. The predicted octanol–water partition coefficient (Wildman–Crippen LogP) is 3.12. The fraction of sp³-hybridized carbons (Fsp3) is 0.455. The number of nitro groups is 1. The van der Waals surface area contributed by atoms with Gasteiger partial charge in [0.1, 0.15) is 0 Å². The van der Waals surface area contributed by atoms with Crippen molar-refractivity contribution >= 4 is 17.3 Å². The van der Waals surface area contributed by atoms with Crippen molar-refractivity contribution in [1.82, 2.24) is 0 Å². The van der Waals surface area contributed by atoms with Gasteiger partial charge in [0.2, 0.25) is 0 Å². The third kappa shape index (κ3) is 2.71. The summed E-state index contributed by atoms with van der Waals surface area (Å²) in [7, 11) is 0. The Morgan fingerprint density at radius 2 is 2.19 bits per heavy atom. The van der Waals surface area contributed by atoms with Crippen LogP contribution in [0.3, 0.4) is 0 Å². The Labute approximate surface area is 99.0 Å². The minimum atomic E-state index is -0.583. The first-order valence-corrected chi connectivity index (χ1v) is 5.47. The van der Waals surface area contributed by atoms with E-state index in [2.05, 4.69) is 0 Å². The van der Waals surface area contributed by atoms with Gasteiger partial charge in [-0.15, -0.1) is 0 Å². The van der Waals surface area contributed by atoms with E-state index in [0.29, 0.717) is 17.0 Å². The molecule has 0 aliphatic heterocycles. The number of nitrogens with zero attached hydrogens (tertiary/aromatic N) is 1. The largest absolute Gasteiger partial charge is 0.393 e. The molecule has 0 aromatic heterocycles. The lowest BCUT2D eigenvalue weighted by atomic mass is 9.92. The lowest BCUT2D eigenvalue weighted by Crippen LogP contribution is -2.15. The number of nitro benzene ring substituents is 1. The number of hydrogen-bond acceptors (Lipinski definition) is 3. The number of aliphatic hydroxyl groups excluding tert-OH is 1. The predicted molar refractivity (Wildman–Crippen MR) is 62.8 cm³/mol. The minimum absolute atomic E-state index is 0.0347. The Morgan fingerprint density at radius 1 is 1.56 bits per heavy atom. The monoisotopic (exact) mass is 243 g/mol. The molecule has 1 aromatic rings. The molecule has 0 aliphatic carbocycles. The first-order chi connectivity index (χ1) is 7.47. The molecular weight excluding hydrogens is 230 g/mol. The Hall–Kier alpha value is -1.13. The van der Waals surface area contributed by atoms with Gasteiger partial charge in [0.05, 0.1) is 11.0 Å². The zero-order valence-corrected chi connectivity index (χ0v) is 9.94. The second-order valence-corrected chi connectivity index (χ2v) is 4.16. The number of halogens is 1. The summed E-state index contributed by atoms with van der Waals surface area (Å²) in [4.78, 5) is 10.4. The van der Waals surface area contributed by atoms with Gasteiger partial charge < -0.3 is 5.11 Å². The van der Waals surface area contributed by atoms with Crippen LogP contribution in [-0.2, 0) is 0 Å². The van der Waals surface area contributed by atoms with Gasteiger partial charge in [-0.1, -0.05) is 31.5 Å². The van der Waals surface area contributed by atoms with Crippen molar-refractivity contribution in [3.63, 3.8) is 0 Å². The van der Waals surface area contributed by atoms with Crippen LogP contribution in [0.5, 0.6) is 0 Å². The van der Waals surface area contributed by atoms with Crippen molar-refractivity contribution in [2.45, 2.75) is 32.3 Å². The summed E-state index contributed by atoms with van der Waals surface area (Å²) in [6, 6.07) is 4.52. The summed E-state index contributed by atoms with van der Waals surface area (Å²) in [5.41, 5.74) is 0.483. The van der Waals surface area contributed by atoms with Crippen LogP contribution in [0, 0.1) is 10.1 Å². The zero-order valence-electron chi connectivity index (χ0n) is 9.18. The maximum atomic E-state index is 10.9. The van der Waals surface area contributed by atoms with Crippen LogP contribution in [-0.4, -0.2) is 16.1 Å². The van der Waals surface area contributed by atoms with Crippen molar-refractivity contribution in [3.05, 3.63) is 38.9 Å². The van der Waals surface area contributed by atoms with Crippen molar-refractivity contribution in [1.29, 1.82) is 0 Å². The van der Waals surface area contributed by atoms with E-state index in [-0.39, 0.29) is 11.6 Å². The lowest BCUT2D eigenvalue weighted by Gasteiger charge is -2.17. The molecule has 5 heteroatoms. The Morgan fingerprint density at radius 3 is 2.69 bits per heavy atom. The topological polar surface area (TPSA) is 63.4 Å². The van der Waals surface area contributed by atoms with Crippen LogP contribution in [0.2, 0.25) is 5.02 Å². The van der Waals surface area contributed by atoms with E-state index >= 15 is 0 Å². The number of aliphatic hydroxyl groups is 1. The van der Waals surface area contributed by atoms with Crippen LogP contribution in [0.25, 0.3) is 0 Å². The highest BCUT2D eigenvalue weighted by Gasteiger charge is 2.23. The molecule has 2 unspecified atom stereocenters. The SMILES string of the molecule is CCC(O)C(C)c1ccc(Cl)cc1[N+](=O)[O-]. The van der Waals surface area contributed by atoms with Gasteiger partial charge in [-0.2, -0.15) is 0 Å². The molecule has 1 aromatic carbocycles. The molecule has 0 fully saturated rings. The van der Waals surface area contributed by atoms with E-state index in [1.54, 1.807) is 19.1 Å². The zero-order chi connectivity index (χ0) is 12.3. The molecular formula is C11H14ClNO3. The average molecular weight is 244 g/mol. The maximum absolute atomic E-state index is 10.9. The van der Waals surface area contributed by atoms with E-state index in [0.717, 1.165) is 0 Å². The molecule has 0 aliphatic rings. The molecule has 88 valence electrons. The quantitative estimate of drug-likeness (QED) is 0.653. The number of benzene rings is 1. The summed E-state index contributed by atoms with van der Waals surface area (Å²) < 4.78 is 0. The Kier molecular flexibility index (Phi) is 4.26. The molecule has 0 amide bonds. The summed E-state index contributed by atoms with van der Waals surface area (Å²) in [5, 5.41) is 20.9. The third-order valence-corrected chi connectivity index (χ3v) is 2.91. The second-order valence-electron chi connectivity index (χ2n) is 3.72. The van der Waals surface area contributed by atoms with Crippen molar-refractivity contribution in [2.75, 3.05) is 0 Å². The summed E-state index contributed by atoms with van der Waals surface area (Å²) in [5.74, 6) is -0.275. The van der Waals surface area contributed by atoms with E-state index < -0.39 is 11.0 Å². The van der Waals surface area contributed by atoms with Crippen LogP contribution < -0.4 is 0 Å². The lowest BCUT2D eigenvalue weighted by molar-refractivity contribution is -0.385. The van der Waals surface area contributed by atoms with Gasteiger partial charge in [0.15, 0.2) is 0 Å². The molecule has 0 heterocycles. The van der Waals surface area contributed by atoms with Crippen LogP contribution in [0.15, 0.2) is 18.2 Å². The van der Waals surface area contributed by atoms with Crippen LogP contribution in [0.4, 0.5) is 5.69 Å². The van der Waals surface area contributed by atoms with E-state index in [9.17, 15) is 15.2 Å². The van der Waals surface area contributed by atoms with Gasteiger partial charge in [-0.25, -0.2) is 0 Å². The summed E-state index contributed by atoms with van der Waals surface area (Å²) >= 11 is 5.71. The van der Waals surface area contributed by atoms with E-state index in [4.69, 9.17) is 11.6 Å². The second kappa shape index (κ2) is 5.27. The van der Waals surface area contributed by atoms with Crippen LogP contribution >= 0.6 is 11.6 Å². The van der Waals surface area contributed by atoms with Crippen molar-refractivity contribution in [2.24, 2.45) is 0 Å². The molecule has 0 saturated carbocycles. The number of hydrogen-bond donors (Lipinski definition) is 1. The van der Waals surface area contributed by atoms with Gasteiger partial charge in [-0.3, -0.25) is 10.1 Å². The van der Waals surface area contributed by atoms with Gasteiger partial charge >= 0.3 is 0 Å². The fourth-order valence-electron chi connectivity index (χ4n) is 1.62. The Balaban J connectivity index is 3.17. The molecule has 0 spiro atoms. The third-order valence-electron chi connectivity index (χ3n) is 2.68. The molecule has 16 heavy (non-hydrogen) atoms. The van der Waals surface area contributed by atoms with Gasteiger partial charge in [-0.05, 0) is 12.5 Å². The standard InChI is InChI=1S/C11H14ClNO3/c1-3-11(14)7(2)9-5-4-8(12)6-10(9)13(15)16/h4-7,11,14H,3H2,1-2H3.